The molecule has 0 spiro atoms. The Balaban J connectivity index is 1.38. The molecule has 3 aliphatic carbocycles. The zero-order valence-corrected chi connectivity index (χ0v) is 16.9. The third-order valence-corrected chi connectivity index (χ3v) is 7.69. The van der Waals surface area contributed by atoms with Gasteiger partial charge >= 0.3 is 5.97 Å². The molecule has 4 aliphatic rings. The summed E-state index contributed by atoms with van der Waals surface area (Å²) in [7, 11) is 0. The second-order valence-corrected chi connectivity index (χ2v) is 10.1. The van der Waals surface area contributed by atoms with Crippen LogP contribution in [-0.4, -0.2) is 23.7 Å². The van der Waals surface area contributed by atoms with Crippen molar-refractivity contribution < 1.29 is 9.53 Å². The summed E-state index contributed by atoms with van der Waals surface area (Å²) in [6.07, 6.45) is 14.5. The molecule has 0 aromatic heterocycles. The van der Waals surface area contributed by atoms with E-state index in [-0.39, 0.29) is 23.5 Å². The van der Waals surface area contributed by atoms with Gasteiger partial charge in [0.15, 0.2) is 0 Å². The number of ether oxygens (including phenoxy) is 1. The summed E-state index contributed by atoms with van der Waals surface area (Å²) in [5, 5.41) is 3.78. The van der Waals surface area contributed by atoms with Gasteiger partial charge in [0.25, 0.3) is 0 Å². The zero-order chi connectivity index (χ0) is 18.3. The van der Waals surface area contributed by atoms with E-state index in [9.17, 15) is 4.79 Å². The quantitative estimate of drug-likeness (QED) is 0.557. The summed E-state index contributed by atoms with van der Waals surface area (Å²) >= 11 is 0. The summed E-state index contributed by atoms with van der Waals surface area (Å²) < 4.78 is 6.14. The van der Waals surface area contributed by atoms with Gasteiger partial charge in [0, 0.05) is 11.6 Å². The second-order valence-electron chi connectivity index (χ2n) is 10.1. The summed E-state index contributed by atoms with van der Waals surface area (Å²) in [6, 6.07) is 0.544. The molecule has 0 amide bonds. The van der Waals surface area contributed by atoms with Gasteiger partial charge in [-0.15, -0.1) is 0 Å². The lowest BCUT2D eigenvalue weighted by atomic mass is 9.65. The van der Waals surface area contributed by atoms with Crippen molar-refractivity contribution in [1.29, 1.82) is 0 Å². The third-order valence-electron chi connectivity index (χ3n) is 7.69. The first-order chi connectivity index (χ1) is 12.4. The van der Waals surface area contributed by atoms with Crippen LogP contribution in [0.15, 0.2) is 11.6 Å². The first kappa shape index (κ1) is 18.5. The fourth-order valence-corrected chi connectivity index (χ4v) is 6.59. The fraction of sp³-hybridized carbons (Fsp3) is 0.870. The number of rotatable bonds is 2. The molecule has 0 bridgehead atoms. The van der Waals surface area contributed by atoms with Crippen molar-refractivity contribution in [2.75, 3.05) is 0 Å². The van der Waals surface area contributed by atoms with Gasteiger partial charge < -0.3 is 10.1 Å². The van der Waals surface area contributed by atoms with E-state index >= 15 is 0 Å². The van der Waals surface area contributed by atoms with Crippen molar-refractivity contribution in [2.24, 2.45) is 23.7 Å². The van der Waals surface area contributed by atoms with Gasteiger partial charge in [-0.1, -0.05) is 43.8 Å². The summed E-state index contributed by atoms with van der Waals surface area (Å²) in [6.45, 7) is 6.77. The SMILES string of the molecule is CC1=CC(C)(C)NC2CCC(OC(=O)C3CCCC4CCCCC43)CC12. The molecule has 1 aliphatic heterocycles. The maximum absolute atomic E-state index is 13.0. The molecular weight excluding hydrogens is 322 g/mol. The average Bonchev–Trinajstić information content (AvgIpc) is 2.61. The molecule has 6 atom stereocenters. The summed E-state index contributed by atoms with van der Waals surface area (Å²) in [5.41, 5.74) is 1.57. The van der Waals surface area contributed by atoms with Crippen molar-refractivity contribution in [1.82, 2.24) is 5.32 Å². The van der Waals surface area contributed by atoms with Crippen LogP contribution in [0.4, 0.5) is 0 Å². The number of hydrogen-bond acceptors (Lipinski definition) is 3. The van der Waals surface area contributed by atoms with Gasteiger partial charge in [0.1, 0.15) is 6.10 Å². The number of fused-ring (bicyclic) bond motifs is 2. The smallest absolute Gasteiger partial charge is 0.309 e. The molecule has 146 valence electrons. The lowest BCUT2D eigenvalue weighted by molar-refractivity contribution is -0.161. The van der Waals surface area contributed by atoms with Crippen molar-refractivity contribution >= 4 is 5.97 Å². The molecule has 0 aromatic carbocycles. The van der Waals surface area contributed by atoms with Crippen LogP contribution >= 0.6 is 0 Å². The van der Waals surface area contributed by atoms with Gasteiger partial charge in [-0.25, -0.2) is 0 Å². The summed E-state index contributed by atoms with van der Waals surface area (Å²) in [4.78, 5) is 13.0. The first-order valence-electron chi connectivity index (χ1n) is 11.1. The van der Waals surface area contributed by atoms with E-state index in [0.29, 0.717) is 17.9 Å². The number of esters is 1. The van der Waals surface area contributed by atoms with Crippen molar-refractivity contribution in [2.45, 2.75) is 103 Å². The molecule has 6 unspecified atom stereocenters. The van der Waals surface area contributed by atoms with Crippen molar-refractivity contribution in [3.8, 4) is 0 Å². The third kappa shape index (κ3) is 3.74. The van der Waals surface area contributed by atoms with Crippen LogP contribution in [0.1, 0.15) is 85.0 Å². The van der Waals surface area contributed by atoms with Gasteiger partial charge in [-0.05, 0) is 70.6 Å². The Bertz CT molecular complexity index is 565. The van der Waals surface area contributed by atoms with E-state index in [2.05, 4.69) is 32.2 Å². The number of carbonyl (C=O) groups is 1. The molecule has 1 heterocycles. The lowest BCUT2D eigenvalue weighted by Gasteiger charge is -2.45. The number of carbonyl (C=O) groups excluding carboxylic acids is 1. The zero-order valence-electron chi connectivity index (χ0n) is 16.9. The topological polar surface area (TPSA) is 38.3 Å². The van der Waals surface area contributed by atoms with E-state index in [4.69, 9.17) is 4.74 Å². The predicted molar refractivity (Wildman–Crippen MR) is 105 cm³/mol. The average molecular weight is 360 g/mol. The Labute approximate surface area is 159 Å². The maximum atomic E-state index is 13.0. The minimum atomic E-state index is 0.0901. The lowest BCUT2D eigenvalue weighted by Crippen LogP contribution is -2.54. The molecule has 0 radical (unpaired) electrons. The van der Waals surface area contributed by atoms with E-state index in [1.54, 1.807) is 0 Å². The van der Waals surface area contributed by atoms with Crippen LogP contribution in [0.3, 0.4) is 0 Å². The monoisotopic (exact) mass is 359 g/mol. The molecule has 3 heteroatoms. The van der Waals surface area contributed by atoms with E-state index in [0.717, 1.165) is 31.6 Å². The van der Waals surface area contributed by atoms with E-state index < -0.39 is 0 Å². The molecule has 26 heavy (non-hydrogen) atoms. The van der Waals surface area contributed by atoms with Gasteiger partial charge in [-0.3, -0.25) is 4.79 Å². The Hall–Kier alpha value is -0.830. The summed E-state index contributed by atoms with van der Waals surface area (Å²) in [5.74, 6) is 2.26. The molecule has 4 rings (SSSR count). The van der Waals surface area contributed by atoms with Crippen molar-refractivity contribution in [3.63, 3.8) is 0 Å². The Morgan fingerprint density at radius 2 is 1.85 bits per heavy atom. The van der Waals surface area contributed by atoms with Crippen LogP contribution in [0.25, 0.3) is 0 Å². The molecule has 0 aromatic rings. The molecule has 3 fully saturated rings. The van der Waals surface area contributed by atoms with Crippen LogP contribution in [-0.2, 0) is 9.53 Å². The molecule has 0 saturated heterocycles. The van der Waals surface area contributed by atoms with Crippen LogP contribution in [0.2, 0.25) is 0 Å². The number of hydrogen-bond donors (Lipinski definition) is 1. The highest BCUT2D eigenvalue weighted by atomic mass is 16.5. The second kappa shape index (κ2) is 7.30. The minimum Gasteiger partial charge on any atom is -0.462 e. The Kier molecular flexibility index (Phi) is 5.20. The highest BCUT2D eigenvalue weighted by Gasteiger charge is 2.42. The molecule has 3 saturated carbocycles. The standard InChI is InChI=1S/C23H37NO2/c1-15-14-23(2,3)24-21-12-11-17(13-20(15)21)26-22(25)19-10-6-8-16-7-4-5-9-18(16)19/h14,16-21,24H,4-13H2,1-3H3. The van der Waals surface area contributed by atoms with Gasteiger partial charge in [0.05, 0.1) is 5.92 Å². The van der Waals surface area contributed by atoms with Crippen LogP contribution in [0.5, 0.6) is 0 Å². The predicted octanol–water partition coefficient (Wildman–Crippen LogP) is 5.00. The van der Waals surface area contributed by atoms with Crippen LogP contribution in [0, 0.1) is 23.7 Å². The highest BCUT2D eigenvalue weighted by Crippen LogP contribution is 2.45. The van der Waals surface area contributed by atoms with Gasteiger partial charge in [-0.2, -0.15) is 0 Å². The van der Waals surface area contributed by atoms with Gasteiger partial charge in [0.2, 0.25) is 0 Å². The van der Waals surface area contributed by atoms with E-state index in [1.165, 1.54) is 44.1 Å². The molecule has 3 nitrogen and oxygen atoms in total. The fourth-order valence-electron chi connectivity index (χ4n) is 6.59. The van der Waals surface area contributed by atoms with Crippen molar-refractivity contribution in [3.05, 3.63) is 11.6 Å². The number of nitrogens with one attached hydrogen (secondary N) is 1. The maximum Gasteiger partial charge on any atom is 0.309 e. The Morgan fingerprint density at radius 1 is 1.08 bits per heavy atom. The highest BCUT2D eigenvalue weighted by molar-refractivity contribution is 5.73. The largest absolute Gasteiger partial charge is 0.462 e. The molecular formula is C23H37NO2. The minimum absolute atomic E-state index is 0.0901. The first-order valence-corrected chi connectivity index (χ1v) is 11.1. The normalized spacial score (nSPS) is 42.2. The Morgan fingerprint density at radius 3 is 2.69 bits per heavy atom. The van der Waals surface area contributed by atoms with E-state index in [1.807, 2.05) is 0 Å². The van der Waals surface area contributed by atoms with Crippen LogP contribution < -0.4 is 5.32 Å². The molecule has 1 N–H and O–H groups in total.